The number of nitrogens with zero attached hydrogens (tertiary/aromatic N) is 2. The second-order valence-electron chi connectivity index (χ2n) is 5.14. The molecule has 1 heterocycles. The van der Waals surface area contributed by atoms with Crippen LogP contribution in [0.25, 0.3) is 0 Å². The van der Waals surface area contributed by atoms with Crippen molar-refractivity contribution in [2.75, 3.05) is 5.32 Å². The fourth-order valence-electron chi connectivity index (χ4n) is 2.03. The molecule has 1 aliphatic carbocycles. The maximum atomic E-state index is 5.90. The molecule has 0 atom stereocenters. The molecule has 112 valence electrons. The van der Waals surface area contributed by atoms with Gasteiger partial charge in [0.25, 0.3) is 0 Å². The zero-order chi connectivity index (χ0) is 13.9. The lowest BCUT2D eigenvalue weighted by atomic mass is 10.2. The summed E-state index contributed by atoms with van der Waals surface area (Å²) in [6.45, 7) is 2.59. The van der Waals surface area contributed by atoms with Gasteiger partial charge in [-0.15, -0.1) is 35.3 Å². The van der Waals surface area contributed by atoms with Crippen molar-refractivity contribution < 1.29 is 0 Å². The SMILES string of the molecule is Cc1cccc(NC(N)=NCc2nc(C3CC3)cs2)c1.I. The minimum Gasteiger partial charge on any atom is -0.370 e. The van der Waals surface area contributed by atoms with Gasteiger partial charge in [0.2, 0.25) is 0 Å². The average molecular weight is 414 g/mol. The zero-order valence-electron chi connectivity index (χ0n) is 11.9. The van der Waals surface area contributed by atoms with E-state index in [2.05, 4.69) is 20.7 Å². The molecule has 1 aromatic heterocycles. The molecular weight excluding hydrogens is 395 g/mol. The van der Waals surface area contributed by atoms with Crippen LogP contribution in [-0.2, 0) is 6.54 Å². The van der Waals surface area contributed by atoms with Crippen molar-refractivity contribution in [1.29, 1.82) is 0 Å². The van der Waals surface area contributed by atoms with Crippen LogP contribution in [-0.4, -0.2) is 10.9 Å². The van der Waals surface area contributed by atoms with E-state index in [1.807, 2.05) is 31.2 Å². The number of nitrogens with one attached hydrogen (secondary N) is 1. The lowest BCUT2D eigenvalue weighted by Crippen LogP contribution is -2.22. The molecule has 0 amide bonds. The first kappa shape index (κ1) is 16.2. The number of nitrogens with two attached hydrogens (primary N) is 1. The van der Waals surface area contributed by atoms with E-state index in [1.165, 1.54) is 24.1 Å². The Morgan fingerprint density at radius 2 is 2.29 bits per heavy atom. The summed E-state index contributed by atoms with van der Waals surface area (Å²) in [6.07, 6.45) is 2.56. The Bertz CT molecular complexity index is 634. The third kappa shape index (κ3) is 4.67. The van der Waals surface area contributed by atoms with E-state index in [9.17, 15) is 0 Å². The number of aryl methyl sites for hydroxylation is 1. The molecule has 1 aliphatic rings. The van der Waals surface area contributed by atoms with Crippen LogP contribution in [0.4, 0.5) is 5.69 Å². The van der Waals surface area contributed by atoms with E-state index < -0.39 is 0 Å². The van der Waals surface area contributed by atoms with Gasteiger partial charge in [0.15, 0.2) is 5.96 Å². The number of thiazole rings is 1. The predicted molar refractivity (Wildman–Crippen MR) is 99.6 cm³/mol. The number of aromatic nitrogens is 1. The van der Waals surface area contributed by atoms with Crippen molar-refractivity contribution in [2.24, 2.45) is 10.7 Å². The van der Waals surface area contributed by atoms with Crippen molar-refractivity contribution in [3.8, 4) is 0 Å². The van der Waals surface area contributed by atoms with Gasteiger partial charge in [0, 0.05) is 17.0 Å². The van der Waals surface area contributed by atoms with Crippen LogP contribution < -0.4 is 11.1 Å². The van der Waals surface area contributed by atoms with Crippen LogP contribution in [0, 0.1) is 6.92 Å². The number of aliphatic imine (C=N–C) groups is 1. The second-order valence-corrected chi connectivity index (χ2v) is 6.08. The number of hydrogen-bond acceptors (Lipinski definition) is 3. The molecule has 1 aromatic carbocycles. The number of anilines is 1. The Kier molecular flexibility index (Phi) is 5.58. The second kappa shape index (κ2) is 7.22. The van der Waals surface area contributed by atoms with Crippen LogP contribution in [0.5, 0.6) is 0 Å². The standard InChI is InChI=1S/C15H18N4S.HI/c1-10-3-2-4-12(7-10)18-15(16)17-8-14-19-13(9-20-14)11-5-6-11;/h2-4,7,9,11H,5-6,8H2,1H3,(H3,16,17,18);1H. The Hall–Kier alpha value is -1.15. The molecule has 21 heavy (non-hydrogen) atoms. The maximum absolute atomic E-state index is 5.90. The Morgan fingerprint density at radius 1 is 1.48 bits per heavy atom. The highest BCUT2D eigenvalue weighted by Crippen LogP contribution is 2.40. The third-order valence-corrected chi connectivity index (χ3v) is 4.09. The highest BCUT2D eigenvalue weighted by molar-refractivity contribution is 14.0. The van der Waals surface area contributed by atoms with Gasteiger partial charge in [-0.05, 0) is 37.5 Å². The van der Waals surface area contributed by atoms with Gasteiger partial charge in [-0.3, -0.25) is 0 Å². The molecule has 6 heteroatoms. The summed E-state index contributed by atoms with van der Waals surface area (Å²) in [5.74, 6) is 1.13. The van der Waals surface area contributed by atoms with E-state index in [-0.39, 0.29) is 24.0 Å². The Labute approximate surface area is 145 Å². The molecule has 0 bridgehead atoms. The summed E-state index contributed by atoms with van der Waals surface area (Å²) < 4.78 is 0. The molecule has 1 saturated carbocycles. The largest absolute Gasteiger partial charge is 0.370 e. The number of guanidine groups is 1. The molecule has 0 unspecified atom stereocenters. The first-order valence-corrected chi connectivity index (χ1v) is 7.66. The van der Waals surface area contributed by atoms with Crippen LogP contribution in [0.1, 0.15) is 35.0 Å². The number of benzene rings is 1. The van der Waals surface area contributed by atoms with Gasteiger partial charge in [-0.2, -0.15) is 0 Å². The highest BCUT2D eigenvalue weighted by atomic mass is 127. The fourth-order valence-corrected chi connectivity index (χ4v) is 2.83. The zero-order valence-corrected chi connectivity index (χ0v) is 15.0. The van der Waals surface area contributed by atoms with Crippen LogP contribution >= 0.6 is 35.3 Å². The fraction of sp³-hybridized carbons (Fsp3) is 0.333. The lowest BCUT2D eigenvalue weighted by Gasteiger charge is -2.05. The molecule has 0 radical (unpaired) electrons. The summed E-state index contributed by atoms with van der Waals surface area (Å²) in [5.41, 5.74) is 9.28. The van der Waals surface area contributed by atoms with Gasteiger partial charge in [0.05, 0.1) is 12.2 Å². The summed E-state index contributed by atoms with van der Waals surface area (Å²) >= 11 is 1.67. The summed E-state index contributed by atoms with van der Waals surface area (Å²) in [5, 5.41) is 6.27. The highest BCUT2D eigenvalue weighted by Gasteiger charge is 2.25. The summed E-state index contributed by atoms with van der Waals surface area (Å²) in [4.78, 5) is 8.94. The Balaban J connectivity index is 0.00000161. The van der Waals surface area contributed by atoms with Crippen molar-refractivity contribution >= 4 is 47.0 Å². The van der Waals surface area contributed by atoms with E-state index >= 15 is 0 Å². The summed E-state index contributed by atoms with van der Waals surface area (Å²) in [7, 11) is 0. The quantitative estimate of drug-likeness (QED) is 0.454. The van der Waals surface area contributed by atoms with E-state index in [4.69, 9.17) is 5.73 Å². The van der Waals surface area contributed by atoms with Crippen LogP contribution in [0.2, 0.25) is 0 Å². The summed E-state index contributed by atoms with van der Waals surface area (Å²) in [6, 6.07) is 8.06. The number of hydrogen-bond donors (Lipinski definition) is 2. The molecule has 4 nitrogen and oxygen atoms in total. The van der Waals surface area contributed by atoms with Crippen LogP contribution in [0.3, 0.4) is 0 Å². The van der Waals surface area contributed by atoms with E-state index in [0.29, 0.717) is 18.4 Å². The van der Waals surface area contributed by atoms with Crippen molar-refractivity contribution in [3.63, 3.8) is 0 Å². The molecule has 0 saturated heterocycles. The van der Waals surface area contributed by atoms with Crippen LogP contribution in [0.15, 0.2) is 34.6 Å². The van der Waals surface area contributed by atoms with Gasteiger partial charge in [-0.25, -0.2) is 9.98 Å². The molecule has 1 fully saturated rings. The number of rotatable bonds is 4. The Morgan fingerprint density at radius 3 is 3.00 bits per heavy atom. The topological polar surface area (TPSA) is 63.3 Å². The molecule has 0 spiro atoms. The monoisotopic (exact) mass is 414 g/mol. The molecule has 0 aliphatic heterocycles. The van der Waals surface area contributed by atoms with Gasteiger partial charge in [-0.1, -0.05) is 12.1 Å². The third-order valence-electron chi connectivity index (χ3n) is 3.24. The lowest BCUT2D eigenvalue weighted by molar-refractivity contribution is 0.970. The minimum absolute atomic E-state index is 0. The molecule has 3 N–H and O–H groups in total. The first-order chi connectivity index (χ1) is 9.70. The van der Waals surface area contributed by atoms with Gasteiger partial charge in [0.1, 0.15) is 5.01 Å². The predicted octanol–water partition coefficient (Wildman–Crippen LogP) is 3.87. The van der Waals surface area contributed by atoms with Crippen molar-refractivity contribution in [1.82, 2.24) is 4.98 Å². The molecule has 3 rings (SSSR count). The molecular formula is C15H19IN4S. The minimum atomic E-state index is 0. The number of halogens is 1. The van der Waals surface area contributed by atoms with E-state index in [0.717, 1.165) is 10.7 Å². The normalized spacial score (nSPS) is 14.6. The first-order valence-electron chi connectivity index (χ1n) is 6.78. The van der Waals surface area contributed by atoms with Crippen molar-refractivity contribution in [2.45, 2.75) is 32.2 Å². The van der Waals surface area contributed by atoms with Crippen molar-refractivity contribution in [3.05, 3.63) is 45.9 Å². The van der Waals surface area contributed by atoms with Gasteiger partial charge >= 0.3 is 0 Å². The maximum Gasteiger partial charge on any atom is 0.193 e. The van der Waals surface area contributed by atoms with E-state index in [1.54, 1.807) is 11.3 Å². The molecule has 2 aromatic rings. The smallest absolute Gasteiger partial charge is 0.193 e. The van der Waals surface area contributed by atoms with Gasteiger partial charge < -0.3 is 11.1 Å². The average Bonchev–Trinajstić information content (AvgIpc) is 3.16.